The van der Waals surface area contributed by atoms with Crippen molar-refractivity contribution in [3.05, 3.63) is 216 Å². The highest BCUT2D eigenvalue weighted by molar-refractivity contribution is 6.05. The Morgan fingerprint density at radius 1 is 0.283 bits per heavy atom. The molecule has 1 spiro atoms. The summed E-state index contributed by atoms with van der Waals surface area (Å²) in [4.78, 5) is 10.3. The summed E-state index contributed by atoms with van der Waals surface area (Å²) in [6, 6.07) is 70.2. The van der Waals surface area contributed by atoms with Crippen molar-refractivity contribution in [3.63, 3.8) is 0 Å². The summed E-state index contributed by atoms with van der Waals surface area (Å²) < 4.78 is 0. The number of aromatic nitrogens is 2. The molecule has 53 heavy (non-hydrogen) atoms. The molecule has 2 nitrogen and oxygen atoms in total. The molecule has 2 aliphatic carbocycles. The molecule has 8 aromatic carbocycles. The molecule has 0 N–H and O–H groups in total. The lowest BCUT2D eigenvalue weighted by Gasteiger charge is -2.30. The van der Waals surface area contributed by atoms with Gasteiger partial charge in [-0.3, -0.25) is 0 Å². The molecule has 0 aliphatic heterocycles. The SMILES string of the molecule is c1ccc(-c2cc(-c3cccc4c(-c5ccc6c(c5)C5(c7ccccc7-c7ccccc75)c5ccccc5-6)cccc34)nc(-c3ccccc3)n2)cc1. The van der Waals surface area contributed by atoms with Crippen LogP contribution in [0.25, 0.3) is 78.1 Å². The Hall–Kier alpha value is -6.90. The van der Waals surface area contributed by atoms with Crippen LogP contribution in [0.5, 0.6) is 0 Å². The molecule has 1 aromatic heterocycles. The molecule has 2 heteroatoms. The fourth-order valence-electron chi connectivity index (χ4n) is 9.11. The molecule has 0 fully saturated rings. The summed E-state index contributed by atoms with van der Waals surface area (Å²) in [5.74, 6) is 0.718. The van der Waals surface area contributed by atoms with Gasteiger partial charge in [-0.1, -0.05) is 182 Å². The molecule has 0 unspecified atom stereocenters. The minimum Gasteiger partial charge on any atom is -0.228 e. The van der Waals surface area contributed by atoms with Gasteiger partial charge in [0.1, 0.15) is 0 Å². The third-order valence-corrected chi connectivity index (χ3v) is 11.3. The first-order valence-electron chi connectivity index (χ1n) is 18.3. The molecule has 0 saturated carbocycles. The molecule has 9 aromatic rings. The van der Waals surface area contributed by atoms with Crippen molar-refractivity contribution in [3.8, 4) is 67.3 Å². The van der Waals surface area contributed by atoms with E-state index in [9.17, 15) is 0 Å². The maximum Gasteiger partial charge on any atom is 0.160 e. The highest BCUT2D eigenvalue weighted by Gasteiger charge is 2.51. The van der Waals surface area contributed by atoms with Crippen LogP contribution < -0.4 is 0 Å². The Kier molecular flexibility index (Phi) is 6.50. The monoisotopic (exact) mass is 672 g/mol. The molecule has 0 saturated heterocycles. The average molecular weight is 673 g/mol. The smallest absolute Gasteiger partial charge is 0.160 e. The van der Waals surface area contributed by atoms with Gasteiger partial charge >= 0.3 is 0 Å². The van der Waals surface area contributed by atoms with E-state index in [4.69, 9.17) is 9.97 Å². The van der Waals surface area contributed by atoms with Crippen LogP contribution in [0.1, 0.15) is 22.3 Å². The summed E-state index contributed by atoms with van der Waals surface area (Å²) >= 11 is 0. The van der Waals surface area contributed by atoms with Gasteiger partial charge < -0.3 is 0 Å². The van der Waals surface area contributed by atoms with Gasteiger partial charge in [-0.05, 0) is 78.5 Å². The van der Waals surface area contributed by atoms with Crippen LogP contribution in [-0.4, -0.2) is 9.97 Å². The van der Waals surface area contributed by atoms with Gasteiger partial charge in [0, 0.05) is 16.7 Å². The Morgan fingerprint density at radius 3 is 1.38 bits per heavy atom. The van der Waals surface area contributed by atoms with Crippen molar-refractivity contribution >= 4 is 10.8 Å². The topological polar surface area (TPSA) is 25.8 Å². The molecule has 0 bridgehead atoms. The van der Waals surface area contributed by atoms with Crippen molar-refractivity contribution in [2.45, 2.75) is 5.41 Å². The Labute approximate surface area is 308 Å². The third kappa shape index (κ3) is 4.33. The molecule has 11 rings (SSSR count). The first-order valence-corrected chi connectivity index (χ1v) is 18.3. The molecular weight excluding hydrogens is 641 g/mol. The number of fused-ring (bicyclic) bond motifs is 11. The van der Waals surface area contributed by atoms with E-state index in [1.165, 1.54) is 61.0 Å². The largest absolute Gasteiger partial charge is 0.228 e. The van der Waals surface area contributed by atoms with Gasteiger partial charge in [-0.2, -0.15) is 0 Å². The minimum atomic E-state index is -0.381. The fourth-order valence-corrected chi connectivity index (χ4v) is 9.11. The maximum absolute atomic E-state index is 5.20. The second-order valence-corrected chi connectivity index (χ2v) is 14.0. The zero-order chi connectivity index (χ0) is 34.9. The van der Waals surface area contributed by atoms with Crippen LogP contribution in [0.15, 0.2) is 194 Å². The van der Waals surface area contributed by atoms with Crippen molar-refractivity contribution in [1.29, 1.82) is 0 Å². The standard InChI is InChI=1S/C51H32N2/c1-3-15-33(16-4-1)48-32-49(53-50(52-48)34-17-5-2-6-18-34)43-25-14-23-37-36(22-13-24-38(37)43)35-29-30-42-41-21-9-12-28-46(41)51(47(42)31-35)44-26-10-7-19-39(44)40-20-8-11-27-45(40)51/h1-32H. The zero-order valence-electron chi connectivity index (χ0n) is 28.9. The number of hydrogen-bond donors (Lipinski definition) is 0. The van der Waals surface area contributed by atoms with Crippen LogP contribution in [0.2, 0.25) is 0 Å². The summed E-state index contributed by atoms with van der Waals surface area (Å²) in [5.41, 5.74) is 17.7. The normalized spacial score (nSPS) is 13.1. The Balaban J connectivity index is 1.12. The lowest BCUT2D eigenvalue weighted by atomic mass is 9.70. The molecule has 0 amide bonds. The van der Waals surface area contributed by atoms with Gasteiger partial charge in [0.2, 0.25) is 0 Å². The van der Waals surface area contributed by atoms with Crippen LogP contribution in [0.4, 0.5) is 0 Å². The highest BCUT2D eigenvalue weighted by Crippen LogP contribution is 2.63. The number of rotatable bonds is 4. The molecule has 0 atom stereocenters. The number of nitrogens with zero attached hydrogens (tertiary/aromatic N) is 2. The van der Waals surface area contributed by atoms with E-state index in [0.29, 0.717) is 0 Å². The molecule has 1 heterocycles. The summed E-state index contributed by atoms with van der Waals surface area (Å²) in [5, 5.41) is 2.36. The number of benzene rings is 8. The summed E-state index contributed by atoms with van der Waals surface area (Å²) in [7, 11) is 0. The molecular formula is C51H32N2. The van der Waals surface area contributed by atoms with E-state index in [-0.39, 0.29) is 5.41 Å². The highest BCUT2D eigenvalue weighted by atomic mass is 14.9. The average Bonchev–Trinajstić information content (AvgIpc) is 3.71. The van der Waals surface area contributed by atoms with Gasteiger partial charge in [0.05, 0.1) is 16.8 Å². The van der Waals surface area contributed by atoms with Crippen molar-refractivity contribution in [2.24, 2.45) is 0 Å². The van der Waals surface area contributed by atoms with Gasteiger partial charge in [0.15, 0.2) is 5.82 Å². The van der Waals surface area contributed by atoms with Crippen LogP contribution in [0, 0.1) is 0 Å². The van der Waals surface area contributed by atoms with E-state index in [0.717, 1.165) is 39.3 Å². The van der Waals surface area contributed by atoms with Gasteiger partial charge in [-0.15, -0.1) is 0 Å². The number of hydrogen-bond acceptors (Lipinski definition) is 2. The van der Waals surface area contributed by atoms with Crippen LogP contribution >= 0.6 is 0 Å². The predicted octanol–water partition coefficient (Wildman–Crippen LogP) is 12.6. The first kappa shape index (κ1) is 29.8. The molecule has 0 radical (unpaired) electrons. The zero-order valence-corrected chi connectivity index (χ0v) is 28.9. The molecule has 2 aliphatic rings. The van der Waals surface area contributed by atoms with Gasteiger partial charge in [-0.25, -0.2) is 9.97 Å². The Morgan fingerprint density at radius 2 is 0.755 bits per heavy atom. The predicted molar refractivity (Wildman–Crippen MR) is 218 cm³/mol. The van der Waals surface area contributed by atoms with Crippen molar-refractivity contribution < 1.29 is 0 Å². The summed E-state index contributed by atoms with van der Waals surface area (Å²) in [6.07, 6.45) is 0. The second-order valence-electron chi connectivity index (χ2n) is 14.0. The van der Waals surface area contributed by atoms with Gasteiger partial charge in [0.25, 0.3) is 0 Å². The van der Waals surface area contributed by atoms with E-state index < -0.39 is 0 Å². The first-order chi connectivity index (χ1) is 26.3. The third-order valence-electron chi connectivity index (χ3n) is 11.3. The van der Waals surface area contributed by atoms with Crippen LogP contribution in [-0.2, 0) is 5.41 Å². The van der Waals surface area contributed by atoms with Crippen molar-refractivity contribution in [2.75, 3.05) is 0 Å². The van der Waals surface area contributed by atoms with Crippen molar-refractivity contribution in [1.82, 2.24) is 9.97 Å². The quantitative estimate of drug-likeness (QED) is 0.186. The van der Waals surface area contributed by atoms with E-state index in [2.05, 4.69) is 170 Å². The van der Waals surface area contributed by atoms with Crippen LogP contribution in [0.3, 0.4) is 0 Å². The lowest BCUT2D eigenvalue weighted by molar-refractivity contribution is 0.794. The van der Waals surface area contributed by atoms with E-state index in [1.54, 1.807) is 0 Å². The van der Waals surface area contributed by atoms with E-state index >= 15 is 0 Å². The lowest BCUT2D eigenvalue weighted by Crippen LogP contribution is -2.25. The van der Waals surface area contributed by atoms with E-state index in [1.807, 2.05) is 24.3 Å². The summed E-state index contributed by atoms with van der Waals surface area (Å²) in [6.45, 7) is 0. The maximum atomic E-state index is 5.20. The Bertz CT molecular complexity index is 2770. The minimum absolute atomic E-state index is 0.381. The fraction of sp³-hybridized carbons (Fsp3) is 0.0196. The molecule has 246 valence electrons. The second kappa shape index (κ2) is 11.6.